The second-order valence-corrected chi connectivity index (χ2v) is 6.63. The third-order valence-corrected chi connectivity index (χ3v) is 3.15. The fourth-order valence-corrected chi connectivity index (χ4v) is 2.48. The van der Waals surface area contributed by atoms with E-state index in [0.717, 1.165) is 13.0 Å². The molecule has 1 rings (SSSR count). The van der Waals surface area contributed by atoms with Gasteiger partial charge in [-0.15, -0.1) is 0 Å². The first-order chi connectivity index (χ1) is 7.78. The Morgan fingerprint density at radius 1 is 1.65 bits per heavy atom. The van der Waals surface area contributed by atoms with E-state index in [1.807, 2.05) is 20.8 Å². The van der Waals surface area contributed by atoms with Crippen molar-refractivity contribution in [3.05, 3.63) is 0 Å². The van der Waals surface area contributed by atoms with Gasteiger partial charge in [0.15, 0.2) is 0 Å². The van der Waals surface area contributed by atoms with Gasteiger partial charge >= 0.3 is 6.09 Å². The van der Waals surface area contributed by atoms with E-state index in [1.165, 1.54) is 0 Å². The van der Waals surface area contributed by atoms with Crippen LogP contribution in [0, 0.1) is 5.92 Å². The minimum absolute atomic E-state index is 0.00633. The van der Waals surface area contributed by atoms with Gasteiger partial charge in [-0.25, -0.2) is 4.79 Å². The Morgan fingerprint density at radius 3 is 2.76 bits per heavy atom. The molecule has 1 saturated heterocycles. The van der Waals surface area contributed by atoms with Crippen LogP contribution in [-0.2, 0) is 9.53 Å². The molecule has 0 aliphatic carbocycles. The van der Waals surface area contributed by atoms with Crippen LogP contribution in [0.1, 0.15) is 33.6 Å². The van der Waals surface area contributed by atoms with Crippen molar-refractivity contribution < 1.29 is 14.3 Å². The molecule has 1 aliphatic heterocycles. The van der Waals surface area contributed by atoms with Crippen molar-refractivity contribution in [3.8, 4) is 0 Å². The number of rotatable bonds is 3. The number of hydrogen-bond donors (Lipinski definition) is 2. The van der Waals surface area contributed by atoms with Crippen LogP contribution in [0.3, 0.4) is 0 Å². The van der Waals surface area contributed by atoms with Crippen LogP contribution in [0.15, 0.2) is 0 Å². The number of carbonyl (C=O) groups excluding carboxylic acids is 2. The summed E-state index contributed by atoms with van der Waals surface area (Å²) in [5.41, 5.74) is -0.495. The first kappa shape index (κ1) is 14.5. The van der Waals surface area contributed by atoms with Crippen LogP contribution < -0.4 is 10.6 Å². The lowest BCUT2D eigenvalue weighted by Crippen LogP contribution is -2.37. The van der Waals surface area contributed by atoms with Gasteiger partial charge in [-0.3, -0.25) is 4.79 Å². The van der Waals surface area contributed by atoms with Crippen molar-refractivity contribution in [2.45, 2.75) is 43.3 Å². The van der Waals surface area contributed by atoms with Crippen molar-refractivity contribution in [2.24, 2.45) is 5.92 Å². The summed E-state index contributed by atoms with van der Waals surface area (Å²) in [6, 6.07) is 0. The number of carbonyl (C=O) groups is 2. The smallest absolute Gasteiger partial charge is 0.408 e. The van der Waals surface area contributed by atoms with Gasteiger partial charge < -0.3 is 15.4 Å². The van der Waals surface area contributed by atoms with E-state index in [1.54, 1.807) is 0 Å². The number of nitrogens with one attached hydrogen (secondary N) is 2. The maximum atomic E-state index is 11.5. The predicted molar refractivity (Wildman–Crippen MR) is 72.9 cm³/mol. The molecule has 2 atom stereocenters. The summed E-state index contributed by atoms with van der Waals surface area (Å²) >= 11 is 2.12. The molecule has 1 fully saturated rings. The van der Waals surface area contributed by atoms with Gasteiger partial charge in [0.25, 0.3) is 0 Å². The Kier molecular flexibility index (Phi) is 5.03. The Labute approximate surface area is 115 Å². The molecule has 0 saturated carbocycles. The van der Waals surface area contributed by atoms with Crippen LogP contribution in [0.4, 0.5) is 4.79 Å². The van der Waals surface area contributed by atoms with Gasteiger partial charge in [0.05, 0.1) is 4.05 Å². The molecule has 0 spiro atoms. The highest BCUT2D eigenvalue weighted by molar-refractivity contribution is 14.1. The highest BCUT2D eigenvalue weighted by Crippen LogP contribution is 2.19. The van der Waals surface area contributed by atoms with Gasteiger partial charge in [-0.2, -0.15) is 0 Å². The number of ether oxygens (including phenoxy) is 1. The average molecular weight is 354 g/mol. The minimum atomic E-state index is -0.495. The maximum Gasteiger partial charge on any atom is 0.408 e. The van der Waals surface area contributed by atoms with Crippen LogP contribution in [0.5, 0.6) is 0 Å². The van der Waals surface area contributed by atoms with Gasteiger partial charge in [0, 0.05) is 12.5 Å². The molecule has 0 bridgehead atoms. The van der Waals surface area contributed by atoms with Crippen LogP contribution in [0.2, 0.25) is 0 Å². The maximum absolute atomic E-state index is 11.5. The van der Waals surface area contributed by atoms with Gasteiger partial charge in [0.1, 0.15) is 5.60 Å². The summed E-state index contributed by atoms with van der Waals surface area (Å²) in [5.74, 6) is 0.0875. The van der Waals surface area contributed by atoms with Gasteiger partial charge in [-0.1, -0.05) is 22.6 Å². The number of amides is 2. The zero-order chi connectivity index (χ0) is 13.1. The SMILES string of the molecule is CC(C)(C)OC(=O)NC(I)CC1CCNC1=O. The highest BCUT2D eigenvalue weighted by atomic mass is 127. The number of halogens is 1. The molecule has 2 unspecified atom stereocenters. The van der Waals surface area contributed by atoms with Crippen molar-refractivity contribution >= 4 is 34.6 Å². The largest absolute Gasteiger partial charge is 0.444 e. The minimum Gasteiger partial charge on any atom is -0.444 e. The van der Waals surface area contributed by atoms with Crippen LogP contribution in [-0.4, -0.2) is 28.2 Å². The molecule has 2 amide bonds. The fourth-order valence-electron chi connectivity index (χ4n) is 1.61. The third kappa shape index (κ3) is 5.56. The molecule has 0 aromatic rings. The second kappa shape index (κ2) is 5.88. The highest BCUT2D eigenvalue weighted by Gasteiger charge is 2.27. The monoisotopic (exact) mass is 354 g/mol. The summed E-state index contributed by atoms with van der Waals surface area (Å²) in [4.78, 5) is 22.9. The molecular formula is C11H19IN2O3. The van der Waals surface area contributed by atoms with E-state index in [4.69, 9.17) is 4.74 Å². The van der Waals surface area contributed by atoms with E-state index in [-0.39, 0.29) is 15.9 Å². The van der Waals surface area contributed by atoms with Crippen molar-refractivity contribution in [2.75, 3.05) is 6.54 Å². The number of hydrogen-bond acceptors (Lipinski definition) is 3. The molecule has 0 aromatic carbocycles. The number of alkyl carbamates (subject to hydrolysis) is 1. The zero-order valence-corrected chi connectivity index (χ0v) is 12.5. The zero-order valence-electron chi connectivity index (χ0n) is 10.4. The Bertz CT molecular complexity index is 302. The molecule has 98 valence electrons. The summed E-state index contributed by atoms with van der Waals surface area (Å²) in [7, 11) is 0. The lowest BCUT2D eigenvalue weighted by Gasteiger charge is -2.22. The molecule has 1 aliphatic rings. The van der Waals surface area contributed by atoms with Crippen molar-refractivity contribution in [1.82, 2.24) is 10.6 Å². The van der Waals surface area contributed by atoms with E-state index >= 15 is 0 Å². The van der Waals surface area contributed by atoms with E-state index in [0.29, 0.717) is 6.42 Å². The van der Waals surface area contributed by atoms with Crippen molar-refractivity contribution in [3.63, 3.8) is 0 Å². The second-order valence-electron chi connectivity index (χ2n) is 5.13. The van der Waals surface area contributed by atoms with E-state index in [2.05, 4.69) is 33.2 Å². The molecule has 17 heavy (non-hydrogen) atoms. The number of alkyl halides is 1. The summed E-state index contributed by atoms with van der Waals surface area (Å²) in [6.07, 6.45) is 1.05. The Hall–Kier alpha value is -0.530. The van der Waals surface area contributed by atoms with Crippen molar-refractivity contribution in [1.29, 1.82) is 0 Å². The molecule has 6 heteroatoms. The predicted octanol–water partition coefficient (Wildman–Crippen LogP) is 1.80. The first-order valence-electron chi connectivity index (χ1n) is 5.69. The van der Waals surface area contributed by atoms with E-state index < -0.39 is 11.7 Å². The Morgan fingerprint density at radius 2 is 2.29 bits per heavy atom. The standard InChI is InChI=1S/C11H19IN2O3/c1-11(2,3)17-10(16)14-8(12)6-7-4-5-13-9(7)15/h7-8H,4-6H2,1-3H3,(H,13,15)(H,14,16). The van der Waals surface area contributed by atoms with E-state index in [9.17, 15) is 9.59 Å². The fraction of sp³-hybridized carbons (Fsp3) is 0.818. The molecule has 0 radical (unpaired) electrons. The van der Waals surface area contributed by atoms with Crippen LogP contribution in [0.25, 0.3) is 0 Å². The van der Waals surface area contributed by atoms with Gasteiger partial charge in [0.2, 0.25) is 5.91 Å². The van der Waals surface area contributed by atoms with Gasteiger partial charge in [-0.05, 0) is 33.6 Å². The Balaban J connectivity index is 2.31. The summed E-state index contributed by atoms with van der Waals surface area (Å²) in [5, 5.41) is 5.51. The molecule has 0 aromatic heterocycles. The molecule has 1 heterocycles. The molecular weight excluding hydrogens is 335 g/mol. The normalized spacial score (nSPS) is 21.9. The quantitative estimate of drug-likeness (QED) is 0.461. The summed E-state index contributed by atoms with van der Waals surface area (Å²) < 4.78 is 5.06. The third-order valence-electron chi connectivity index (χ3n) is 2.33. The molecule has 2 N–H and O–H groups in total. The summed E-state index contributed by atoms with van der Waals surface area (Å²) in [6.45, 7) is 6.19. The van der Waals surface area contributed by atoms with Crippen LogP contribution >= 0.6 is 22.6 Å². The molecule has 5 nitrogen and oxygen atoms in total. The lowest BCUT2D eigenvalue weighted by molar-refractivity contribution is -0.122. The lowest BCUT2D eigenvalue weighted by atomic mass is 10.0. The first-order valence-corrected chi connectivity index (χ1v) is 6.94. The average Bonchev–Trinajstić information content (AvgIpc) is 2.47. The topological polar surface area (TPSA) is 67.4 Å².